The third kappa shape index (κ3) is 6.53. The smallest absolute Gasteiger partial charge is 0.387 e. The van der Waals surface area contributed by atoms with E-state index >= 15 is 0 Å². The molecular formula is C30H27ClF2N8O3. The van der Waals surface area contributed by atoms with Crippen molar-refractivity contribution in [3.05, 3.63) is 95.5 Å². The molecule has 14 heteroatoms. The summed E-state index contributed by atoms with van der Waals surface area (Å²) in [4.78, 5) is 34.9. The molecule has 0 aliphatic carbocycles. The molecule has 3 aromatic heterocycles. The highest BCUT2D eigenvalue weighted by atomic mass is 35.5. The lowest BCUT2D eigenvalue weighted by Gasteiger charge is -2.34. The zero-order chi connectivity index (χ0) is 30.6. The summed E-state index contributed by atoms with van der Waals surface area (Å²) >= 11 is 6.21. The van der Waals surface area contributed by atoms with E-state index in [0.29, 0.717) is 18.7 Å². The maximum absolute atomic E-state index is 13.3. The van der Waals surface area contributed by atoms with Crippen LogP contribution in [0.2, 0.25) is 5.02 Å². The summed E-state index contributed by atoms with van der Waals surface area (Å²) in [5, 5.41) is 11.7. The fourth-order valence-corrected chi connectivity index (χ4v) is 5.26. The molecule has 5 aromatic rings. The summed E-state index contributed by atoms with van der Waals surface area (Å²) in [5.74, 6) is -0.916. The van der Waals surface area contributed by atoms with Crippen LogP contribution in [0.25, 0.3) is 16.9 Å². The Morgan fingerprint density at radius 1 is 1.05 bits per heavy atom. The molecule has 6 rings (SSSR count). The molecule has 1 N–H and O–H groups in total. The second-order valence-electron chi connectivity index (χ2n) is 10.2. The Labute approximate surface area is 255 Å². The number of fused-ring (bicyclic) bond motifs is 1. The van der Waals surface area contributed by atoms with Gasteiger partial charge in [-0.15, -0.1) is 0 Å². The molecule has 226 valence electrons. The van der Waals surface area contributed by atoms with Gasteiger partial charge in [-0.3, -0.25) is 19.2 Å². The highest BCUT2D eigenvalue weighted by molar-refractivity contribution is 6.31. The second-order valence-corrected chi connectivity index (χ2v) is 10.6. The standard InChI is InChI=1S/C30H27ClF2N8O3/c31-21-7-8-25(44-30(32)33)22(15-21)27-24(36-29(43)23-16-35-41-10-4-9-34-28(23)41)18-40(37-27)19-26(42)39-13-11-38(12-14-39)17-20-5-2-1-3-6-20/h1-10,15-16,18,30H,11-14,17,19H2,(H,36,43). The lowest BCUT2D eigenvalue weighted by Crippen LogP contribution is -2.49. The molecule has 2 amide bonds. The van der Waals surface area contributed by atoms with Crippen LogP contribution in [-0.2, 0) is 17.9 Å². The van der Waals surface area contributed by atoms with E-state index in [1.54, 1.807) is 17.2 Å². The van der Waals surface area contributed by atoms with Gasteiger partial charge < -0.3 is 15.0 Å². The van der Waals surface area contributed by atoms with E-state index in [0.717, 1.165) is 19.6 Å². The summed E-state index contributed by atoms with van der Waals surface area (Å²) in [6, 6.07) is 15.9. The fraction of sp³-hybridized carbons (Fsp3) is 0.233. The van der Waals surface area contributed by atoms with Crippen molar-refractivity contribution < 1.29 is 23.1 Å². The molecule has 0 bridgehead atoms. The molecule has 0 atom stereocenters. The largest absolute Gasteiger partial charge is 0.434 e. The Hall–Kier alpha value is -4.88. The number of nitrogens with zero attached hydrogens (tertiary/aromatic N) is 7. The summed E-state index contributed by atoms with van der Waals surface area (Å²) in [5.41, 5.74) is 2.09. The average Bonchev–Trinajstić information content (AvgIpc) is 3.63. The second kappa shape index (κ2) is 12.8. The third-order valence-electron chi connectivity index (χ3n) is 7.22. The van der Waals surface area contributed by atoms with Gasteiger partial charge in [0.25, 0.3) is 5.91 Å². The first-order valence-corrected chi connectivity index (χ1v) is 14.2. The van der Waals surface area contributed by atoms with E-state index in [-0.39, 0.29) is 45.7 Å². The summed E-state index contributed by atoms with van der Waals surface area (Å²) in [6.45, 7) is 0.0951. The third-order valence-corrected chi connectivity index (χ3v) is 7.45. The number of benzene rings is 2. The first-order valence-electron chi connectivity index (χ1n) is 13.8. The minimum atomic E-state index is -3.11. The van der Waals surface area contributed by atoms with E-state index < -0.39 is 12.5 Å². The number of anilines is 1. The van der Waals surface area contributed by atoms with Crippen molar-refractivity contribution in [2.45, 2.75) is 19.7 Å². The monoisotopic (exact) mass is 620 g/mol. The molecule has 1 fully saturated rings. The molecule has 1 aliphatic rings. The zero-order valence-electron chi connectivity index (χ0n) is 23.3. The predicted octanol–water partition coefficient (Wildman–Crippen LogP) is 4.44. The molecule has 2 aromatic carbocycles. The summed E-state index contributed by atoms with van der Waals surface area (Å²) in [7, 11) is 0. The molecule has 44 heavy (non-hydrogen) atoms. The van der Waals surface area contributed by atoms with Gasteiger partial charge in [0.1, 0.15) is 23.6 Å². The minimum Gasteiger partial charge on any atom is -0.434 e. The molecule has 1 saturated heterocycles. The maximum Gasteiger partial charge on any atom is 0.387 e. The number of carbonyl (C=O) groups excluding carboxylic acids is 2. The maximum atomic E-state index is 13.3. The summed E-state index contributed by atoms with van der Waals surface area (Å²) < 4.78 is 34.1. The van der Waals surface area contributed by atoms with Crippen LogP contribution in [0, 0.1) is 0 Å². The molecular weight excluding hydrogens is 594 g/mol. The molecule has 0 unspecified atom stereocenters. The number of piperazine rings is 1. The molecule has 0 saturated carbocycles. The van der Waals surface area contributed by atoms with Gasteiger partial charge >= 0.3 is 6.61 Å². The predicted molar refractivity (Wildman–Crippen MR) is 159 cm³/mol. The molecule has 0 radical (unpaired) electrons. The first-order chi connectivity index (χ1) is 21.3. The van der Waals surface area contributed by atoms with Gasteiger partial charge in [0.2, 0.25) is 5.91 Å². The van der Waals surface area contributed by atoms with Crippen molar-refractivity contribution in [2.24, 2.45) is 0 Å². The number of halogens is 3. The average molecular weight is 621 g/mol. The number of carbonyl (C=O) groups is 2. The van der Waals surface area contributed by atoms with Gasteiger partial charge in [-0.1, -0.05) is 41.9 Å². The van der Waals surface area contributed by atoms with Crippen LogP contribution in [0.15, 0.2) is 79.4 Å². The van der Waals surface area contributed by atoms with Gasteiger partial charge in [-0.05, 0) is 29.8 Å². The van der Waals surface area contributed by atoms with Crippen LogP contribution in [-0.4, -0.2) is 78.8 Å². The first kappa shape index (κ1) is 29.2. The van der Waals surface area contributed by atoms with Crippen LogP contribution in [0.4, 0.5) is 14.5 Å². The van der Waals surface area contributed by atoms with Gasteiger partial charge in [-0.2, -0.15) is 19.0 Å². The van der Waals surface area contributed by atoms with Crippen molar-refractivity contribution in [1.29, 1.82) is 0 Å². The van der Waals surface area contributed by atoms with Gasteiger partial charge in [0, 0.05) is 61.9 Å². The summed E-state index contributed by atoms with van der Waals surface area (Å²) in [6.07, 6.45) is 6.02. The number of hydrogen-bond acceptors (Lipinski definition) is 7. The van der Waals surface area contributed by atoms with E-state index in [1.807, 2.05) is 18.2 Å². The normalized spacial score (nSPS) is 13.9. The highest BCUT2D eigenvalue weighted by Gasteiger charge is 2.25. The number of alkyl halides is 2. The van der Waals surface area contributed by atoms with Crippen molar-refractivity contribution in [1.82, 2.24) is 34.2 Å². The van der Waals surface area contributed by atoms with E-state index in [9.17, 15) is 18.4 Å². The van der Waals surface area contributed by atoms with Crippen LogP contribution < -0.4 is 10.1 Å². The molecule has 11 nitrogen and oxygen atoms in total. The zero-order valence-corrected chi connectivity index (χ0v) is 24.1. The van der Waals surface area contributed by atoms with E-state index in [1.165, 1.54) is 51.6 Å². The van der Waals surface area contributed by atoms with Crippen LogP contribution in [0.1, 0.15) is 15.9 Å². The Morgan fingerprint density at radius 3 is 2.61 bits per heavy atom. The van der Waals surface area contributed by atoms with E-state index in [2.05, 4.69) is 37.5 Å². The van der Waals surface area contributed by atoms with Crippen molar-refractivity contribution >= 4 is 34.7 Å². The lowest BCUT2D eigenvalue weighted by atomic mass is 10.1. The van der Waals surface area contributed by atoms with Crippen molar-refractivity contribution in [3.8, 4) is 17.0 Å². The quantitative estimate of drug-likeness (QED) is 0.259. The molecule has 1 aliphatic heterocycles. The van der Waals surface area contributed by atoms with Crippen LogP contribution >= 0.6 is 11.6 Å². The number of ether oxygens (including phenoxy) is 1. The highest BCUT2D eigenvalue weighted by Crippen LogP contribution is 2.37. The number of aromatic nitrogens is 5. The number of rotatable bonds is 9. The minimum absolute atomic E-state index is 0.0985. The Balaban J connectivity index is 1.24. The van der Waals surface area contributed by atoms with Gasteiger partial charge in [-0.25, -0.2) is 9.50 Å². The molecule has 0 spiro atoms. The van der Waals surface area contributed by atoms with Crippen molar-refractivity contribution in [3.63, 3.8) is 0 Å². The number of hydrogen-bond donors (Lipinski definition) is 1. The van der Waals surface area contributed by atoms with Crippen LogP contribution in [0.3, 0.4) is 0 Å². The van der Waals surface area contributed by atoms with E-state index in [4.69, 9.17) is 16.3 Å². The fourth-order valence-electron chi connectivity index (χ4n) is 5.09. The Bertz CT molecular complexity index is 1790. The Kier molecular flexibility index (Phi) is 8.48. The number of nitrogens with one attached hydrogen (secondary N) is 1. The van der Waals surface area contributed by atoms with Crippen molar-refractivity contribution in [2.75, 3.05) is 31.5 Å². The Morgan fingerprint density at radius 2 is 1.84 bits per heavy atom. The topological polar surface area (TPSA) is 110 Å². The van der Waals surface area contributed by atoms with Gasteiger partial charge in [0.15, 0.2) is 5.65 Å². The number of amides is 2. The molecule has 4 heterocycles. The lowest BCUT2D eigenvalue weighted by molar-refractivity contribution is -0.133. The SMILES string of the molecule is O=C(Nc1cn(CC(=O)N2CCN(Cc3ccccc3)CC2)nc1-c1cc(Cl)ccc1OC(F)F)c1cnn2cccnc12. The van der Waals surface area contributed by atoms with Crippen LogP contribution in [0.5, 0.6) is 5.75 Å². The van der Waals surface area contributed by atoms with Gasteiger partial charge in [0.05, 0.1) is 11.9 Å².